The van der Waals surface area contributed by atoms with Crippen LogP contribution < -0.4 is 26.2 Å². The van der Waals surface area contributed by atoms with Crippen molar-refractivity contribution in [1.29, 1.82) is 0 Å². The van der Waals surface area contributed by atoms with E-state index in [0.717, 1.165) is 23.5 Å². The molecule has 0 radical (unpaired) electrons. The third-order valence-corrected chi connectivity index (χ3v) is 8.96. The van der Waals surface area contributed by atoms with Crippen LogP contribution >= 0.6 is 11.3 Å². The van der Waals surface area contributed by atoms with Crippen LogP contribution in [-0.4, -0.2) is 65.1 Å². The van der Waals surface area contributed by atoms with E-state index in [0.29, 0.717) is 59.6 Å². The number of thiazole rings is 1. The summed E-state index contributed by atoms with van der Waals surface area (Å²) >= 11 is 0.918. The minimum atomic E-state index is -4.45. The highest BCUT2D eigenvalue weighted by Crippen LogP contribution is 2.30. The van der Waals surface area contributed by atoms with Gasteiger partial charge in [-0.1, -0.05) is 17.3 Å². The average molecular weight is 671 g/mol. The Bertz CT molecular complexity index is 1680. The summed E-state index contributed by atoms with van der Waals surface area (Å²) in [6, 6.07) is 8.28. The van der Waals surface area contributed by atoms with Gasteiger partial charge in [-0.15, -0.1) is 16.4 Å². The lowest BCUT2D eigenvalue weighted by Crippen LogP contribution is -2.37. The molecule has 4 rings (SSSR count). The lowest BCUT2D eigenvalue weighted by Gasteiger charge is -2.17. The first-order valence-corrected chi connectivity index (χ1v) is 16.2. The molecular formula is C27H33F3N8O5S2. The molecule has 13 nitrogen and oxygen atoms in total. The Morgan fingerprint density at radius 1 is 1.16 bits per heavy atom. The zero-order chi connectivity index (χ0) is 32.6. The number of unbranched alkanes of at least 4 members (excludes halogenated alkanes) is 1. The van der Waals surface area contributed by atoms with Gasteiger partial charge in [0.15, 0.2) is 0 Å². The van der Waals surface area contributed by atoms with Crippen molar-refractivity contribution in [3.63, 3.8) is 0 Å². The van der Waals surface area contributed by atoms with E-state index < -0.39 is 27.8 Å². The van der Waals surface area contributed by atoms with Crippen LogP contribution in [0.5, 0.6) is 5.75 Å². The largest absolute Gasteiger partial charge is 0.487 e. The maximum absolute atomic E-state index is 13.2. The Labute approximate surface area is 260 Å². The number of fused-ring (bicyclic) bond motifs is 1. The number of aromatic nitrogens is 4. The van der Waals surface area contributed by atoms with Gasteiger partial charge in [-0.05, 0) is 61.7 Å². The average Bonchev–Trinajstić information content (AvgIpc) is 3.65. The highest BCUT2D eigenvalue weighted by atomic mass is 32.2. The van der Waals surface area contributed by atoms with Gasteiger partial charge in [0.05, 0.1) is 28.6 Å². The van der Waals surface area contributed by atoms with Crippen molar-refractivity contribution in [2.75, 3.05) is 19.7 Å². The number of primary sulfonamides is 1. The molecule has 0 saturated carbocycles. The lowest BCUT2D eigenvalue weighted by molar-refractivity contribution is -0.137. The number of nitrogens with zero attached hydrogens (tertiary/aromatic N) is 4. The van der Waals surface area contributed by atoms with Gasteiger partial charge >= 0.3 is 6.18 Å². The van der Waals surface area contributed by atoms with Gasteiger partial charge in [-0.2, -0.15) is 13.2 Å². The molecule has 2 aromatic carbocycles. The number of rotatable bonds is 16. The number of aliphatic hydroxyl groups is 1. The summed E-state index contributed by atoms with van der Waals surface area (Å²) in [4.78, 5) is 17.3. The number of sulfonamides is 1. The van der Waals surface area contributed by atoms with E-state index in [9.17, 15) is 26.4 Å². The fraction of sp³-hybridized carbons (Fsp3) is 0.407. The third kappa shape index (κ3) is 9.90. The molecule has 0 bridgehead atoms. The fourth-order valence-electron chi connectivity index (χ4n) is 4.23. The smallest absolute Gasteiger partial charge is 0.416 e. The molecule has 7 N–H and O–H groups in total. The van der Waals surface area contributed by atoms with E-state index >= 15 is 0 Å². The number of aliphatic hydroxyl groups excluding tert-OH is 1. The molecule has 2 heterocycles. The van der Waals surface area contributed by atoms with Crippen LogP contribution in [0.4, 0.5) is 13.2 Å². The SMILES string of the molecule is N[C@H](CO)CNCCCC[C@@H](C(=O)NCc1ccc(C(F)(F)F)cc1)n1cc(COc2ccc3nc(S(N)(=O)=O)sc3c2)nn1. The van der Waals surface area contributed by atoms with Crippen LogP contribution in [0, 0.1) is 0 Å². The second-order valence-corrected chi connectivity index (χ2v) is 13.0. The molecule has 0 spiro atoms. The fourth-order valence-corrected chi connectivity index (χ4v) is 5.91. The topological polar surface area (TPSA) is 200 Å². The Kier molecular flexibility index (Phi) is 11.5. The molecule has 0 unspecified atom stereocenters. The molecule has 4 aromatic rings. The zero-order valence-electron chi connectivity index (χ0n) is 23.9. The van der Waals surface area contributed by atoms with Gasteiger partial charge in [0.2, 0.25) is 10.2 Å². The minimum Gasteiger partial charge on any atom is -0.487 e. The van der Waals surface area contributed by atoms with Gasteiger partial charge < -0.3 is 26.2 Å². The van der Waals surface area contributed by atoms with Gasteiger partial charge in [0, 0.05) is 19.1 Å². The van der Waals surface area contributed by atoms with Crippen LogP contribution in [0.25, 0.3) is 10.2 Å². The van der Waals surface area contributed by atoms with Crippen LogP contribution in [-0.2, 0) is 34.1 Å². The van der Waals surface area contributed by atoms with Crippen LogP contribution in [0.2, 0.25) is 0 Å². The summed E-state index contributed by atoms with van der Waals surface area (Å²) in [5.74, 6) is 0.0461. The van der Waals surface area contributed by atoms with Crippen LogP contribution in [0.3, 0.4) is 0 Å². The standard InChI is InChI=1S/C27H33F3N8O5S2/c28-27(29,30)18-6-4-17(5-7-18)12-34-25(40)23(3-1-2-10-33-13-19(31)15-39)38-14-20(36-37-38)16-43-21-8-9-22-24(11-21)44-26(35-22)45(32,41)42/h4-9,11,14,19,23,33,39H,1-3,10,12-13,15-16,31H2,(H,34,40)(H2,32,41,42)/t19-,23-/m0/s1. The summed E-state index contributed by atoms with van der Waals surface area (Å²) < 4.78 is 69.5. The number of alkyl halides is 3. The van der Waals surface area contributed by atoms with E-state index in [-0.39, 0.29) is 36.0 Å². The minimum absolute atomic E-state index is 0.00127. The summed E-state index contributed by atoms with van der Waals surface area (Å²) in [5.41, 5.74) is 6.29. The van der Waals surface area contributed by atoms with E-state index in [2.05, 4.69) is 25.9 Å². The maximum Gasteiger partial charge on any atom is 0.416 e. The predicted molar refractivity (Wildman–Crippen MR) is 159 cm³/mol. The quantitative estimate of drug-likeness (QED) is 0.110. The number of hydrogen-bond acceptors (Lipinski definition) is 11. The molecule has 2 atom stereocenters. The molecule has 0 fully saturated rings. The Balaban J connectivity index is 1.39. The van der Waals surface area contributed by atoms with Crippen molar-refractivity contribution in [2.24, 2.45) is 10.9 Å². The van der Waals surface area contributed by atoms with Gasteiger partial charge in [0.1, 0.15) is 24.1 Å². The number of hydrogen-bond donors (Lipinski definition) is 5. The second-order valence-electron chi connectivity index (χ2n) is 10.2. The summed E-state index contributed by atoms with van der Waals surface area (Å²) in [7, 11) is -3.93. The predicted octanol–water partition coefficient (Wildman–Crippen LogP) is 2.07. The molecule has 2 aromatic heterocycles. The Morgan fingerprint density at radius 3 is 2.60 bits per heavy atom. The normalized spacial score (nSPS) is 13.6. The molecule has 45 heavy (non-hydrogen) atoms. The molecule has 1 amide bonds. The van der Waals surface area contributed by atoms with Crippen molar-refractivity contribution in [2.45, 2.75) is 55.0 Å². The van der Waals surface area contributed by atoms with Crippen molar-refractivity contribution in [3.8, 4) is 5.75 Å². The number of nitrogens with one attached hydrogen (secondary N) is 2. The Morgan fingerprint density at radius 2 is 1.91 bits per heavy atom. The number of halogens is 3. The number of carbonyl (C=O) groups excluding carboxylic acids is 1. The van der Waals surface area contributed by atoms with E-state index in [1.165, 1.54) is 16.8 Å². The highest BCUT2D eigenvalue weighted by Gasteiger charge is 2.30. The molecular weight excluding hydrogens is 637 g/mol. The van der Waals surface area contributed by atoms with E-state index in [1.54, 1.807) is 24.4 Å². The van der Waals surface area contributed by atoms with Gasteiger partial charge in [0.25, 0.3) is 10.0 Å². The number of carbonyl (C=O) groups is 1. The third-order valence-electron chi connectivity index (χ3n) is 6.62. The van der Waals surface area contributed by atoms with Crippen molar-refractivity contribution < 1.29 is 36.2 Å². The first-order valence-electron chi connectivity index (χ1n) is 13.8. The summed E-state index contributed by atoms with van der Waals surface area (Å²) in [6.45, 7) is 0.954. The summed E-state index contributed by atoms with van der Waals surface area (Å²) in [6.07, 6.45) is -1.15. The van der Waals surface area contributed by atoms with Gasteiger partial charge in [-0.25, -0.2) is 23.2 Å². The maximum atomic E-state index is 13.2. The molecule has 0 aliphatic rings. The lowest BCUT2D eigenvalue weighted by atomic mass is 10.1. The number of benzene rings is 2. The number of amides is 1. The molecule has 0 saturated heterocycles. The molecule has 0 aliphatic heterocycles. The molecule has 244 valence electrons. The van der Waals surface area contributed by atoms with Crippen molar-refractivity contribution in [3.05, 3.63) is 65.5 Å². The van der Waals surface area contributed by atoms with Crippen molar-refractivity contribution in [1.82, 2.24) is 30.6 Å². The zero-order valence-corrected chi connectivity index (χ0v) is 25.5. The van der Waals surface area contributed by atoms with Crippen LogP contribution in [0.1, 0.15) is 42.1 Å². The van der Waals surface area contributed by atoms with Crippen LogP contribution in [0.15, 0.2) is 53.0 Å². The van der Waals surface area contributed by atoms with E-state index in [4.69, 9.17) is 20.7 Å². The number of ether oxygens (including phenoxy) is 1. The second kappa shape index (κ2) is 15.1. The van der Waals surface area contributed by atoms with Crippen molar-refractivity contribution >= 4 is 37.5 Å². The van der Waals surface area contributed by atoms with E-state index in [1.807, 2.05) is 0 Å². The molecule has 0 aliphatic carbocycles. The number of nitrogens with two attached hydrogens (primary N) is 2. The monoisotopic (exact) mass is 670 g/mol. The highest BCUT2D eigenvalue weighted by molar-refractivity contribution is 7.91. The first-order chi connectivity index (χ1) is 21.3. The first kappa shape index (κ1) is 34.2. The molecule has 18 heteroatoms. The summed E-state index contributed by atoms with van der Waals surface area (Å²) in [5, 5.41) is 28.4. The van der Waals surface area contributed by atoms with Gasteiger partial charge in [-0.3, -0.25) is 4.79 Å². The Hall–Kier alpha value is -3.68.